The number of nitrogens with zero attached hydrogens (tertiary/aromatic N) is 2. The molecule has 3 nitrogen and oxygen atoms in total. The fourth-order valence-electron chi connectivity index (χ4n) is 2.29. The molecule has 0 amide bonds. The maximum atomic E-state index is 13.0. The van der Waals surface area contributed by atoms with Crippen molar-refractivity contribution in [2.75, 3.05) is 17.7 Å². The van der Waals surface area contributed by atoms with Crippen LogP contribution in [0.15, 0.2) is 54.9 Å². The number of pyridine rings is 1. The minimum atomic E-state index is -0.242. The Morgan fingerprint density at radius 2 is 1.75 bits per heavy atom. The molecule has 0 saturated carbocycles. The van der Waals surface area contributed by atoms with Crippen molar-refractivity contribution in [2.24, 2.45) is 0 Å². The van der Waals surface area contributed by atoms with Gasteiger partial charge in [0.1, 0.15) is 5.82 Å². The lowest BCUT2D eigenvalue weighted by atomic mass is 10.1. The Kier molecular flexibility index (Phi) is 2.99. The molecule has 4 heteroatoms. The smallest absolute Gasteiger partial charge is 0.123 e. The lowest BCUT2D eigenvalue weighted by molar-refractivity contribution is 0.628. The van der Waals surface area contributed by atoms with E-state index < -0.39 is 0 Å². The molecule has 20 heavy (non-hydrogen) atoms. The number of hydrogen-bond acceptors (Lipinski definition) is 3. The lowest BCUT2D eigenvalue weighted by Crippen LogP contribution is -2.10. The standard InChI is InChI=1S/C16H14FN3/c1-20(12-4-2-11(17)3-5-12)16-7-6-15(18)14-10-19-9-8-13(14)16/h2-10H,18H2,1H3. The Balaban J connectivity index is 2.14. The number of hydrogen-bond donors (Lipinski definition) is 1. The molecule has 0 fully saturated rings. The van der Waals surface area contributed by atoms with Gasteiger partial charge in [0.15, 0.2) is 0 Å². The van der Waals surface area contributed by atoms with E-state index in [0.717, 1.165) is 22.1 Å². The van der Waals surface area contributed by atoms with E-state index in [0.29, 0.717) is 5.69 Å². The van der Waals surface area contributed by atoms with E-state index in [-0.39, 0.29) is 5.82 Å². The number of fused-ring (bicyclic) bond motifs is 1. The van der Waals surface area contributed by atoms with Gasteiger partial charge in [-0.1, -0.05) is 0 Å². The molecule has 0 radical (unpaired) electrons. The SMILES string of the molecule is CN(c1ccc(F)cc1)c1ccc(N)c2cnccc12. The molecular formula is C16H14FN3. The van der Waals surface area contributed by atoms with E-state index in [9.17, 15) is 4.39 Å². The van der Waals surface area contributed by atoms with E-state index >= 15 is 0 Å². The van der Waals surface area contributed by atoms with E-state index in [2.05, 4.69) is 4.98 Å². The fourth-order valence-corrected chi connectivity index (χ4v) is 2.29. The monoisotopic (exact) mass is 267 g/mol. The molecule has 2 N–H and O–H groups in total. The van der Waals surface area contributed by atoms with Crippen molar-refractivity contribution in [1.29, 1.82) is 0 Å². The van der Waals surface area contributed by atoms with Crippen LogP contribution in [0.5, 0.6) is 0 Å². The molecular weight excluding hydrogens is 253 g/mol. The second-order valence-corrected chi connectivity index (χ2v) is 4.63. The van der Waals surface area contributed by atoms with Gasteiger partial charge in [-0.25, -0.2) is 4.39 Å². The Morgan fingerprint density at radius 1 is 1.00 bits per heavy atom. The van der Waals surface area contributed by atoms with Crippen LogP contribution in [0.2, 0.25) is 0 Å². The molecule has 100 valence electrons. The number of aromatic nitrogens is 1. The quantitative estimate of drug-likeness (QED) is 0.719. The van der Waals surface area contributed by atoms with Gasteiger partial charge in [0.2, 0.25) is 0 Å². The lowest BCUT2D eigenvalue weighted by Gasteiger charge is -2.21. The molecule has 3 aromatic rings. The maximum absolute atomic E-state index is 13.0. The van der Waals surface area contributed by atoms with E-state index in [1.807, 2.05) is 30.1 Å². The second kappa shape index (κ2) is 4.81. The van der Waals surface area contributed by atoms with Crippen LogP contribution in [-0.2, 0) is 0 Å². The third kappa shape index (κ3) is 2.05. The molecule has 0 atom stereocenters. The zero-order valence-electron chi connectivity index (χ0n) is 11.0. The molecule has 0 aliphatic heterocycles. The largest absolute Gasteiger partial charge is 0.398 e. The van der Waals surface area contributed by atoms with Crippen molar-refractivity contribution in [3.05, 3.63) is 60.7 Å². The fraction of sp³-hybridized carbons (Fsp3) is 0.0625. The van der Waals surface area contributed by atoms with Gasteiger partial charge in [-0.2, -0.15) is 0 Å². The van der Waals surface area contributed by atoms with Crippen molar-refractivity contribution in [2.45, 2.75) is 0 Å². The van der Waals surface area contributed by atoms with Gasteiger partial charge in [0, 0.05) is 47.3 Å². The molecule has 1 heterocycles. The van der Waals surface area contributed by atoms with Gasteiger partial charge in [-0.15, -0.1) is 0 Å². The first-order valence-electron chi connectivity index (χ1n) is 6.28. The Bertz CT molecular complexity index is 753. The summed E-state index contributed by atoms with van der Waals surface area (Å²) in [4.78, 5) is 6.11. The van der Waals surface area contributed by atoms with Crippen LogP contribution in [0.25, 0.3) is 10.8 Å². The average Bonchev–Trinajstić information content (AvgIpc) is 2.48. The zero-order valence-corrected chi connectivity index (χ0v) is 11.0. The molecule has 0 saturated heterocycles. The van der Waals surface area contributed by atoms with Crippen LogP contribution < -0.4 is 10.6 Å². The van der Waals surface area contributed by atoms with Gasteiger partial charge in [0.25, 0.3) is 0 Å². The molecule has 0 unspecified atom stereocenters. The normalized spacial score (nSPS) is 10.7. The summed E-state index contributed by atoms with van der Waals surface area (Å²) in [5, 5.41) is 1.94. The summed E-state index contributed by atoms with van der Waals surface area (Å²) in [7, 11) is 1.94. The summed E-state index contributed by atoms with van der Waals surface area (Å²) in [6, 6.07) is 12.2. The van der Waals surface area contributed by atoms with Gasteiger partial charge in [-0.05, 0) is 42.5 Å². The number of nitrogens with two attached hydrogens (primary N) is 1. The highest BCUT2D eigenvalue weighted by molar-refractivity contribution is 6.01. The maximum Gasteiger partial charge on any atom is 0.123 e. The van der Waals surface area contributed by atoms with Crippen LogP contribution in [0.1, 0.15) is 0 Å². The van der Waals surface area contributed by atoms with Crippen LogP contribution in [-0.4, -0.2) is 12.0 Å². The highest BCUT2D eigenvalue weighted by Gasteiger charge is 2.09. The van der Waals surface area contributed by atoms with E-state index in [4.69, 9.17) is 5.73 Å². The molecule has 0 bridgehead atoms. The molecule has 0 spiro atoms. The van der Waals surface area contributed by atoms with E-state index in [1.165, 1.54) is 12.1 Å². The van der Waals surface area contributed by atoms with Crippen molar-refractivity contribution >= 4 is 27.8 Å². The summed E-state index contributed by atoms with van der Waals surface area (Å²) in [6.45, 7) is 0. The Morgan fingerprint density at radius 3 is 2.50 bits per heavy atom. The Hall–Kier alpha value is -2.62. The molecule has 2 aromatic carbocycles. The number of benzene rings is 2. The van der Waals surface area contributed by atoms with Gasteiger partial charge < -0.3 is 10.6 Å². The van der Waals surface area contributed by atoms with Crippen molar-refractivity contribution < 1.29 is 4.39 Å². The van der Waals surface area contributed by atoms with Crippen LogP contribution in [0, 0.1) is 5.82 Å². The predicted octanol–water partition coefficient (Wildman–Crippen LogP) is 3.72. The number of nitrogen functional groups attached to an aromatic ring is 1. The second-order valence-electron chi connectivity index (χ2n) is 4.63. The average molecular weight is 267 g/mol. The third-order valence-corrected chi connectivity index (χ3v) is 3.40. The topological polar surface area (TPSA) is 42.1 Å². The van der Waals surface area contributed by atoms with Crippen LogP contribution in [0.3, 0.4) is 0 Å². The summed E-state index contributed by atoms with van der Waals surface area (Å²) < 4.78 is 13.0. The number of halogens is 1. The Labute approximate surface area is 116 Å². The highest BCUT2D eigenvalue weighted by Crippen LogP contribution is 2.33. The minimum Gasteiger partial charge on any atom is -0.398 e. The first kappa shape index (κ1) is 12.4. The summed E-state index contributed by atoms with van der Waals surface area (Å²) in [5.74, 6) is -0.242. The number of anilines is 3. The van der Waals surface area contributed by atoms with Crippen LogP contribution in [0.4, 0.5) is 21.5 Å². The van der Waals surface area contributed by atoms with Gasteiger partial charge in [-0.3, -0.25) is 4.98 Å². The predicted molar refractivity (Wildman–Crippen MR) is 80.6 cm³/mol. The zero-order chi connectivity index (χ0) is 14.1. The first-order valence-corrected chi connectivity index (χ1v) is 6.28. The summed E-state index contributed by atoms with van der Waals surface area (Å²) >= 11 is 0. The van der Waals surface area contributed by atoms with Gasteiger partial charge in [0.05, 0.1) is 0 Å². The number of rotatable bonds is 2. The van der Waals surface area contributed by atoms with Crippen LogP contribution >= 0.6 is 0 Å². The third-order valence-electron chi connectivity index (χ3n) is 3.40. The summed E-state index contributed by atoms with van der Waals surface area (Å²) in [5.41, 5.74) is 8.59. The molecule has 0 aliphatic carbocycles. The molecule has 1 aromatic heterocycles. The van der Waals surface area contributed by atoms with Crippen molar-refractivity contribution in [3.8, 4) is 0 Å². The molecule has 3 rings (SSSR count). The minimum absolute atomic E-state index is 0.242. The van der Waals surface area contributed by atoms with Gasteiger partial charge >= 0.3 is 0 Å². The van der Waals surface area contributed by atoms with Crippen molar-refractivity contribution in [3.63, 3.8) is 0 Å². The highest BCUT2D eigenvalue weighted by atomic mass is 19.1. The van der Waals surface area contributed by atoms with E-state index in [1.54, 1.807) is 24.5 Å². The first-order chi connectivity index (χ1) is 9.66. The molecule has 0 aliphatic rings. The summed E-state index contributed by atoms with van der Waals surface area (Å²) in [6.07, 6.45) is 3.50. The van der Waals surface area contributed by atoms with Crippen molar-refractivity contribution in [1.82, 2.24) is 4.98 Å².